The van der Waals surface area contributed by atoms with Crippen molar-refractivity contribution < 1.29 is 9.59 Å². The maximum Gasteiger partial charge on any atom is 0.267 e. The van der Waals surface area contributed by atoms with Gasteiger partial charge in [0.05, 0.1) is 5.69 Å². The number of rotatable bonds is 5. The number of fused-ring (bicyclic) bond motifs is 2. The molecule has 1 atom stereocenters. The van der Waals surface area contributed by atoms with Gasteiger partial charge in [0.25, 0.3) is 5.91 Å². The van der Waals surface area contributed by atoms with Crippen molar-refractivity contribution in [2.45, 2.75) is 26.2 Å². The lowest BCUT2D eigenvalue weighted by Crippen LogP contribution is -2.13. The molecule has 0 spiro atoms. The van der Waals surface area contributed by atoms with Gasteiger partial charge >= 0.3 is 0 Å². The smallest absolute Gasteiger partial charge is 0.267 e. The Morgan fingerprint density at radius 1 is 1.21 bits per heavy atom. The van der Waals surface area contributed by atoms with Crippen molar-refractivity contribution in [3.63, 3.8) is 0 Å². The summed E-state index contributed by atoms with van der Waals surface area (Å²) in [4.78, 5) is 32.4. The number of thiophene rings is 2. The summed E-state index contributed by atoms with van der Waals surface area (Å²) < 4.78 is 0. The van der Waals surface area contributed by atoms with E-state index in [9.17, 15) is 9.59 Å². The molecule has 4 aromatic rings. The molecule has 1 amide bonds. The van der Waals surface area contributed by atoms with Crippen LogP contribution in [0.2, 0.25) is 0 Å². The van der Waals surface area contributed by atoms with Gasteiger partial charge in [-0.2, -0.15) is 0 Å². The highest BCUT2D eigenvalue weighted by molar-refractivity contribution is 7.21. The van der Waals surface area contributed by atoms with Crippen LogP contribution in [0.1, 0.15) is 49.5 Å². The van der Waals surface area contributed by atoms with Gasteiger partial charge in [-0.05, 0) is 84.7 Å². The Balaban J connectivity index is 1.32. The quantitative estimate of drug-likeness (QED) is 0.266. The Hall–Kier alpha value is -3.29. The third-order valence-electron chi connectivity index (χ3n) is 5.91. The van der Waals surface area contributed by atoms with Gasteiger partial charge in [-0.25, -0.2) is 4.98 Å². The van der Waals surface area contributed by atoms with Gasteiger partial charge in [0.15, 0.2) is 5.78 Å². The molecule has 1 aliphatic rings. The first-order chi connectivity index (χ1) is 16.0. The Morgan fingerprint density at radius 3 is 2.79 bits per heavy atom. The van der Waals surface area contributed by atoms with Gasteiger partial charge in [0, 0.05) is 27.2 Å². The molecule has 3 aromatic heterocycles. The number of allylic oxidation sites excluding steroid dienone is 1. The molecule has 0 radical (unpaired) electrons. The molecule has 0 bridgehead atoms. The number of nitrogens with one attached hydrogen (secondary N) is 1. The Labute approximate surface area is 200 Å². The van der Waals surface area contributed by atoms with Crippen molar-refractivity contribution >= 4 is 62.0 Å². The number of anilines is 2. The van der Waals surface area contributed by atoms with Crippen LogP contribution in [0.25, 0.3) is 16.3 Å². The first-order valence-electron chi connectivity index (χ1n) is 10.9. The Bertz CT molecular complexity index is 1370. The number of pyridine rings is 1. The second-order valence-electron chi connectivity index (χ2n) is 8.38. The molecule has 0 saturated carbocycles. The van der Waals surface area contributed by atoms with E-state index in [1.807, 2.05) is 17.5 Å². The van der Waals surface area contributed by atoms with E-state index in [0.29, 0.717) is 27.7 Å². The zero-order valence-electron chi connectivity index (χ0n) is 18.1. The second-order valence-corrected chi connectivity index (χ2v) is 10.4. The predicted octanol–water partition coefficient (Wildman–Crippen LogP) is 6.21. The summed E-state index contributed by atoms with van der Waals surface area (Å²) in [5, 5.41) is 5.72. The van der Waals surface area contributed by atoms with Crippen molar-refractivity contribution in [1.82, 2.24) is 4.98 Å². The van der Waals surface area contributed by atoms with Gasteiger partial charge in [-0.15, -0.1) is 22.7 Å². The average Bonchev–Trinajstić information content (AvgIpc) is 3.45. The van der Waals surface area contributed by atoms with Crippen LogP contribution in [0.4, 0.5) is 11.4 Å². The van der Waals surface area contributed by atoms with Crippen molar-refractivity contribution in [2.24, 2.45) is 5.92 Å². The number of nitrogens with zero attached hydrogens (tertiary/aromatic N) is 1. The topological polar surface area (TPSA) is 85.1 Å². The van der Waals surface area contributed by atoms with Crippen LogP contribution in [0, 0.1) is 5.92 Å². The molecule has 7 heteroatoms. The van der Waals surface area contributed by atoms with Crippen LogP contribution < -0.4 is 11.1 Å². The van der Waals surface area contributed by atoms with E-state index in [1.54, 1.807) is 47.8 Å². The molecule has 33 heavy (non-hydrogen) atoms. The van der Waals surface area contributed by atoms with Crippen molar-refractivity contribution in [1.29, 1.82) is 0 Å². The largest absolute Gasteiger partial charge is 0.397 e. The molecule has 1 aromatic carbocycles. The number of aryl methyl sites for hydroxylation is 1. The van der Waals surface area contributed by atoms with Gasteiger partial charge in [0.2, 0.25) is 0 Å². The first-order valence-corrected chi connectivity index (χ1v) is 12.6. The minimum Gasteiger partial charge on any atom is -0.397 e. The number of benzene rings is 1. The van der Waals surface area contributed by atoms with E-state index in [2.05, 4.69) is 18.3 Å². The first kappa shape index (κ1) is 21.6. The fourth-order valence-electron chi connectivity index (χ4n) is 4.09. The van der Waals surface area contributed by atoms with E-state index < -0.39 is 0 Å². The van der Waals surface area contributed by atoms with E-state index in [1.165, 1.54) is 16.9 Å². The van der Waals surface area contributed by atoms with Crippen LogP contribution in [-0.4, -0.2) is 16.7 Å². The van der Waals surface area contributed by atoms with Crippen molar-refractivity contribution in [3.05, 3.63) is 80.5 Å². The van der Waals surface area contributed by atoms with Gasteiger partial charge < -0.3 is 11.1 Å². The number of carbonyl (C=O) groups excluding carboxylic acids is 2. The predicted molar refractivity (Wildman–Crippen MR) is 137 cm³/mol. The fourth-order valence-corrected chi connectivity index (χ4v) is 5.70. The summed E-state index contributed by atoms with van der Waals surface area (Å²) in [6.07, 6.45) is 6.48. The molecule has 3 heterocycles. The molecular formula is C26H23N3O2S2. The fraction of sp³-hybridized carbons (Fsp3) is 0.192. The standard InChI is InChI=1S/C26H23N3O2S2/c1-15-4-10-21-17(13-15)14-20-23(27)24(33-26(20)29-21)25(31)28-18-7-5-16(6-8-18)22(30)11-9-19-3-2-12-32-19/h2-3,5-9,11-12,14-15H,4,10,13,27H2,1H3,(H,28,31). The SMILES string of the molecule is CC1CCc2nc3sc(C(=O)Nc4ccc(C(=O)C=Cc5cccs5)cc4)c(N)c3cc2C1. The number of aromatic nitrogens is 1. The van der Waals surface area contributed by atoms with Crippen LogP contribution in [0.3, 0.4) is 0 Å². The van der Waals surface area contributed by atoms with Crippen molar-refractivity contribution in [3.8, 4) is 0 Å². The van der Waals surface area contributed by atoms with Crippen LogP contribution >= 0.6 is 22.7 Å². The number of carbonyl (C=O) groups is 2. The van der Waals surface area contributed by atoms with E-state index >= 15 is 0 Å². The molecule has 5 nitrogen and oxygen atoms in total. The third kappa shape index (κ3) is 4.47. The molecule has 3 N–H and O–H groups in total. The normalized spacial score (nSPS) is 15.6. The molecule has 166 valence electrons. The molecule has 5 rings (SSSR count). The maximum atomic E-state index is 12.9. The highest BCUT2D eigenvalue weighted by Gasteiger charge is 2.22. The zero-order valence-corrected chi connectivity index (χ0v) is 19.8. The molecular weight excluding hydrogens is 450 g/mol. The minimum atomic E-state index is -0.265. The number of amides is 1. The summed E-state index contributed by atoms with van der Waals surface area (Å²) in [7, 11) is 0. The second kappa shape index (κ2) is 8.92. The number of ketones is 1. The summed E-state index contributed by atoms with van der Waals surface area (Å²) in [5.41, 5.74) is 10.4. The third-order valence-corrected chi connectivity index (χ3v) is 7.86. The molecule has 1 aliphatic carbocycles. The monoisotopic (exact) mass is 473 g/mol. The highest BCUT2D eigenvalue weighted by atomic mass is 32.1. The van der Waals surface area contributed by atoms with Crippen LogP contribution in [0.15, 0.2) is 53.9 Å². The number of nitrogen functional groups attached to an aromatic ring is 1. The summed E-state index contributed by atoms with van der Waals surface area (Å²) in [5.74, 6) is 0.290. The van der Waals surface area contributed by atoms with Crippen LogP contribution in [-0.2, 0) is 12.8 Å². The van der Waals surface area contributed by atoms with Crippen LogP contribution in [0.5, 0.6) is 0 Å². The summed E-state index contributed by atoms with van der Waals surface area (Å²) in [6, 6.07) is 12.9. The molecule has 1 unspecified atom stereocenters. The Morgan fingerprint density at radius 2 is 2.03 bits per heavy atom. The van der Waals surface area contributed by atoms with Gasteiger partial charge in [-0.3, -0.25) is 9.59 Å². The van der Waals surface area contributed by atoms with Crippen molar-refractivity contribution in [2.75, 3.05) is 11.1 Å². The summed E-state index contributed by atoms with van der Waals surface area (Å²) in [6.45, 7) is 2.25. The highest BCUT2D eigenvalue weighted by Crippen LogP contribution is 2.36. The van der Waals surface area contributed by atoms with E-state index in [-0.39, 0.29) is 11.7 Å². The lowest BCUT2D eigenvalue weighted by atomic mass is 9.87. The summed E-state index contributed by atoms with van der Waals surface area (Å²) >= 11 is 2.90. The average molecular weight is 474 g/mol. The molecule has 0 saturated heterocycles. The van der Waals surface area contributed by atoms with Gasteiger partial charge in [-0.1, -0.05) is 13.0 Å². The minimum absolute atomic E-state index is 0.0839. The Kier molecular flexibility index (Phi) is 5.83. The lowest BCUT2D eigenvalue weighted by Gasteiger charge is -2.20. The molecule has 0 fully saturated rings. The van der Waals surface area contributed by atoms with E-state index in [0.717, 1.165) is 40.1 Å². The maximum absolute atomic E-state index is 12.9. The zero-order chi connectivity index (χ0) is 22.9. The molecule has 0 aliphatic heterocycles. The number of hydrogen-bond donors (Lipinski definition) is 2. The number of hydrogen-bond acceptors (Lipinski definition) is 6. The number of nitrogens with two attached hydrogens (primary N) is 1. The van der Waals surface area contributed by atoms with E-state index in [4.69, 9.17) is 10.7 Å². The van der Waals surface area contributed by atoms with Gasteiger partial charge in [0.1, 0.15) is 9.71 Å². The lowest BCUT2D eigenvalue weighted by molar-refractivity contribution is 0.102.